The highest BCUT2D eigenvalue weighted by Gasteiger charge is 2.27. The molecule has 1 aromatic rings. The average molecular weight is 286 g/mol. The van der Waals surface area contributed by atoms with Gasteiger partial charge in [-0.25, -0.2) is 9.97 Å². The summed E-state index contributed by atoms with van der Waals surface area (Å²) < 4.78 is 0.822. The van der Waals surface area contributed by atoms with Crippen LogP contribution in [0.2, 0.25) is 0 Å². The van der Waals surface area contributed by atoms with E-state index in [1.165, 1.54) is 12.8 Å². The van der Waals surface area contributed by atoms with Gasteiger partial charge in [-0.2, -0.15) is 0 Å². The molecule has 2 N–H and O–H groups in total. The van der Waals surface area contributed by atoms with Crippen molar-refractivity contribution in [2.45, 2.75) is 38.1 Å². The van der Waals surface area contributed by atoms with Crippen LogP contribution < -0.4 is 5.32 Å². The summed E-state index contributed by atoms with van der Waals surface area (Å²) in [7, 11) is 0. The van der Waals surface area contributed by atoms with Crippen molar-refractivity contribution in [2.75, 3.05) is 11.9 Å². The van der Waals surface area contributed by atoms with Crippen molar-refractivity contribution in [2.24, 2.45) is 0 Å². The molecule has 0 aromatic carbocycles. The van der Waals surface area contributed by atoms with Gasteiger partial charge in [-0.05, 0) is 42.1 Å². The third-order valence-corrected chi connectivity index (χ3v) is 3.02. The zero-order chi connectivity index (χ0) is 11.5. The molecule has 2 rings (SSSR count). The Morgan fingerprint density at radius 1 is 1.56 bits per heavy atom. The van der Waals surface area contributed by atoms with Crippen molar-refractivity contribution in [3.05, 3.63) is 16.5 Å². The number of aliphatic hydroxyl groups excluding tert-OH is 1. The molecule has 5 heteroatoms. The summed E-state index contributed by atoms with van der Waals surface area (Å²) in [5.41, 5.74) is 0. The van der Waals surface area contributed by atoms with Crippen LogP contribution in [0.3, 0.4) is 0 Å². The summed E-state index contributed by atoms with van der Waals surface area (Å²) in [5.74, 6) is 2.31. The van der Waals surface area contributed by atoms with Crippen molar-refractivity contribution < 1.29 is 5.11 Å². The second kappa shape index (κ2) is 5.10. The molecule has 1 aliphatic carbocycles. The highest BCUT2D eigenvalue weighted by Crippen LogP contribution is 2.38. The van der Waals surface area contributed by atoms with Gasteiger partial charge >= 0.3 is 0 Å². The van der Waals surface area contributed by atoms with E-state index in [1.807, 2.05) is 13.0 Å². The van der Waals surface area contributed by atoms with Crippen LogP contribution in [0.25, 0.3) is 0 Å². The number of aliphatic hydroxyl groups is 1. The van der Waals surface area contributed by atoms with Gasteiger partial charge in [0, 0.05) is 24.6 Å². The van der Waals surface area contributed by atoms with Gasteiger partial charge in [0.2, 0.25) is 0 Å². The van der Waals surface area contributed by atoms with Crippen molar-refractivity contribution in [1.82, 2.24) is 9.97 Å². The summed E-state index contributed by atoms with van der Waals surface area (Å²) in [6, 6.07) is 2.10. The molecule has 0 amide bonds. The number of nitrogens with zero attached hydrogens (tertiary/aromatic N) is 2. The SMILES string of the molecule is CC(CCO)Nc1cc(Br)nc(C2CC2)n1. The molecule has 0 saturated heterocycles. The van der Waals surface area contributed by atoms with E-state index < -0.39 is 0 Å². The number of aromatic nitrogens is 2. The molecule has 4 nitrogen and oxygen atoms in total. The Kier molecular flexibility index (Phi) is 3.76. The topological polar surface area (TPSA) is 58.0 Å². The van der Waals surface area contributed by atoms with Crippen molar-refractivity contribution in [1.29, 1.82) is 0 Å². The zero-order valence-electron chi connectivity index (χ0n) is 9.28. The third-order valence-electron chi connectivity index (χ3n) is 2.61. The largest absolute Gasteiger partial charge is 0.396 e. The van der Waals surface area contributed by atoms with Crippen LogP contribution in [0, 0.1) is 0 Å². The summed E-state index contributed by atoms with van der Waals surface area (Å²) in [4.78, 5) is 8.85. The second-order valence-corrected chi connectivity index (χ2v) is 5.08. The van der Waals surface area contributed by atoms with Crippen molar-refractivity contribution in [3.8, 4) is 0 Å². The third kappa shape index (κ3) is 3.15. The Balaban J connectivity index is 2.07. The summed E-state index contributed by atoms with van der Waals surface area (Å²) in [6.45, 7) is 2.22. The fourth-order valence-corrected chi connectivity index (χ4v) is 1.95. The quantitative estimate of drug-likeness (QED) is 0.815. The number of anilines is 1. The highest BCUT2D eigenvalue weighted by molar-refractivity contribution is 9.10. The molecule has 1 atom stereocenters. The maximum atomic E-state index is 8.84. The molecule has 0 bridgehead atoms. The molecule has 1 fully saturated rings. The van der Waals surface area contributed by atoms with Gasteiger partial charge in [0.1, 0.15) is 16.2 Å². The van der Waals surface area contributed by atoms with E-state index in [1.54, 1.807) is 0 Å². The van der Waals surface area contributed by atoms with Crippen molar-refractivity contribution >= 4 is 21.7 Å². The number of hydrogen-bond donors (Lipinski definition) is 2. The van der Waals surface area contributed by atoms with Gasteiger partial charge < -0.3 is 10.4 Å². The molecule has 0 aliphatic heterocycles. The molecule has 1 heterocycles. The molecule has 88 valence electrons. The number of hydrogen-bond acceptors (Lipinski definition) is 4. The van der Waals surface area contributed by atoms with E-state index in [9.17, 15) is 0 Å². The van der Waals surface area contributed by atoms with Crippen LogP contribution in [-0.2, 0) is 0 Å². The highest BCUT2D eigenvalue weighted by atomic mass is 79.9. The lowest BCUT2D eigenvalue weighted by atomic mass is 10.2. The van der Waals surface area contributed by atoms with Crippen LogP contribution in [0.5, 0.6) is 0 Å². The lowest BCUT2D eigenvalue weighted by Gasteiger charge is -2.13. The summed E-state index contributed by atoms with van der Waals surface area (Å²) >= 11 is 3.40. The molecule has 1 aromatic heterocycles. The first-order chi connectivity index (χ1) is 7.69. The van der Waals surface area contributed by atoms with Crippen LogP contribution in [0.15, 0.2) is 10.7 Å². The van der Waals surface area contributed by atoms with Gasteiger partial charge in [-0.15, -0.1) is 0 Å². The Morgan fingerprint density at radius 2 is 2.31 bits per heavy atom. The van der Waals surface area contributed by atoms with Gasteiger partial charge in [0.15, 0.2) is 0 Å². The Hall–Kier alpha value is -0.680. The number of nitrogens with one attached hydrogen (secondary N) is 1. The first-order valence-corrected chi connectivity index (χ1v) is 6.40. The molecule has 1 saturated carbocycles. The number of halogens is 1. The lowest BCUT2D eigenvalue weighted by molar-refractivity contribution is 0.282. The molecule has 0 radical (unpaired) electrons. The van der Waals surface area contributed by atoms with E-state index in [0.29, 0.717) is 5.92 Å². The van der Waals surface area contributed by atoms with E-state index in [4.69, 9.17) is 5.11 Å². The van der Waals surface area contributed by atoms with Crippen LogP contribution in [0.1, 0.15) is 37.9 Å². The van der Waals surface area contributed by atoms with Crippen LogP contribution >= 0.6 is 15.9 Å². The monoisotopic (exact) mass is 285 g/mol. The molecular formula is C11H16BrN3O. The number of rotatable bonds is 5. The minimum Gasteiger partial charge on any atom is -0.396 e. The molecule has 1 aliphatic rings. The first kappa shape index (κ1) is 11.8. The molecule has 1 unspecified atom stereocenters. The molecular weight excluding hydrogens is 270 g/mol. The maximum absolute atomic E-state index is 8.84. The smallest absolute Gasteiger partial charge is 0.135 e. The summed E-state index contributed by atoms with van der Waals surface area (Å²) in [6.07, 6.45) is 3.12. The van der Waals surface area contributed by atoms with Crippen LogP contribution in [-0.4, -0.2) is 27.7 Å². The van der Waals surface area contributed by atoms with Crippen LogP contribution in [0.4, 0.5) is 5.82 Å². The fourth-order valence-electron chi connectivity index (χ4n) is 1.55. The summed E-state index contributed by atoms with van der Waals surface area (Å²) in [5, 5.41) is 12.1. The second-order valence-electron chi connectivity index (χ2n) is 4.27. The fraction of sp³-hybridized carbons (Fsp3) is 0.636. The predicted octanol–water partition coefficient (Wildman–Crippen LogP) is 2.30. The minimum atomic E-state index is 0.190. The van der Waals surface area contributed by atoms with Gasteiger partial charge in [0.25, 0.3) is 0 Å². The van der Waals surface area contributed by atoms with E-state index >= 15 is 0 Å². The predicted molar refractivity (Wildman–Crippen MR) is 66.5 cm³/mol. The molecule has 16 heavy (non-hydrogen) atoms. The lowest BCUT2D eigenvalue weighted by Crippen LogP contribution is -2.18. The van der Waals surface area contributed by atoms with E-state index in [-0.39, 0.29) is 12.6 Å². The van der Waals surface area contributed by atoms with Crippen molar-refractivity contribution in [3.63, 3.8) is 0 Å². The van der Waals surface area contributed by atoms with Gasteiger partial charge in [0.05, 0.1) is 0 Å². The Morgan fingerprint density at radius 3 is 2.94 bits per heavy atom. The zero-order valence-corrected chi connectivity index (χ0v) is 10.9. The molecule has 0 spiro atoms. The standard InChI is InChI=1S/C11H16BrN3O/c1-7(4-5-16)13-10-6-9(12)14-11(15-10)8-2-3-8/h6-8,16H,2-5H2,1H3,(H,13,14,15). The van der Waals surface area contributed by atoms with Gasteiger partial charge in [-0.3, -0.25) is 0 Å². The Labute approximate surface area is 104 Å². The minimum absolute atomic E-state index is 0.190. The Bertz CT molecular complexity index is 368. The normalized spacial score (nSPS) is 17.2. The van der Waals surface area contributed by atoms with E-state index in [0.717, 1.165) is 22.7 Å². The first-order valence-electron chi connectivity index (χ1n) is 5.61. The van der Waals surface area contributed by atoms with Gasteiger partial charge in [-0.1, -0.05) is 0 Å². The average Bonchev–Trinajstić information content (AvgIpc) is 2.99. The maximum Gasteiger partial charge on any atom is 0.135 e. The van der Waals surface area contributed by atoms with E-state index in [2.05, 4.69) is 31.2 Å².